The second-order valence-corrected chi connectivity index (χ2v) is 5.51. The zero-order chi connectivity index (χ0) is 7.33. The largest absolute Gasteiger partial charge is 1.00 e. The molecule has 0 amide bonds. The van der Waals surface area contributed by atoms with Crippen LogP contribution in [-0.4, -0.2) is 28.8 Å². The van der Waals surface area contributed by atoms with Crippen LogP contribution in [-0.2, 0) is 13.6 Å². The zero-order valence-corrected chi connectivity index (χ0v) is 11.1. The molecule has 0 atom stereocenters. The fourth-order valence-corrected chi connectivity index (χ4v) is 2.39. The van der Waals surface area contributed by atoms with E-state index in [1.807, 2.05) is 0 Å². The van der Waals surface area contributed by atoms with Gasteiger partial charge in [-0.05, 0) is 0 Å². The van der Waals surface area contributed by atoms with Crippen molar-refractivity contribution >= 4 is 21.9 Å². The van der Waals surface area contributed by atoms with E-state index in [1.54, 1.807) is 13.8 Å². The maximum Gasteiger partial charge on any atom is 1.00 e. The molecule has 56 valence electrons. The Morgan fingerprint density at radius 3 is 1.80 bits per heavy atom. The summed E-state index contributed by atoms with van der Waals surface area (Å²) in [4.78, 5) is 0. The third-order valence-electron chi connectivity index (χ3n) is 0.574. The van der Waals surface area contributed by atoms with Crippen molar-refractivity contribution in [3.63, 3.8) is 0 Å². The van der Waals surface area contributed by atoms with E-state index in [0.717, 1.165) is 0 Å². The van der Waals surface area contributed by atoms with Gasteiger partial charge in [0.2, 0.25) is 0 Å². The van der Waals surface area contributed by atoms with Crippen LogP contribution in [0.5, 0.6) is 0 Å². The normalized spacial score (nSPS) is 10.7. The van der Waals surface area contributed by atoms with Crippen molar-refractivity contribution in [1.82, 2.24) is 0 Å². The van der Waals surface area contributed by atoms with Crippen LogP contribution in [0.1, 0.15) is 13.8 Å². The summed E-state index contributed by atoms with van der Waals surface area (Å²) in [5.41, 5.74) is 0. The Morgan fingerprint density at radius 2 is 1.60 bits per heavy atom. The first kappa shape index (κ1) is 14.2. The van der Waals surface area contributed by atoms with Crippen LogP contribution >= 0.6 is 6.29 Å². The van der Waals surface area contributed by atoms with E-state index in [-0.39, 0.29) is 29.6 Å². The Hall–Kier alpha value is 1.67. The molecule has 0 aromatic heterocycles. The molecular weight excluding hydrogens is 229 g/mol. The summed E-state index contributed by atoms with van der Waals surface area (Å²) >= 11 is 2.37. The summed E-state index contributed by atoms with van der Waals surface area (Å²) in [7, 11) is 0. The Morgan fingerprint density at radius 1 is 1.30 bits per heavy atom. The van der Waals surface area contributed by atoms with Crippen molar-refractivity contribution in [2.24, 2.45) is 0 Å². The molecule has 3 nitrogen and oxygen atoms in total. The monoisotopic (exact) mass is 240 g/mol. The van der Waals surface area contributed by atoms with Crippen LogP contribution in [0.3, 0.4) is 0 Å². The molecule has 10 heavy (non-hydrogen) atoms. The minimum Gasteiger partial charge on any atom is 1.00 e. The minimum atomic E-state index is -2.82. The van der Waals surface area contributed by atoms with Crippen molar-refractivity contribution in [2.75, 3.05) is 13.2 Å². The summed E-state index contributed by atoms with van der Waals surface area (Å²) in [6.07, 6.45) is -2.82. The van der Waals surface area contributed by atoms with E-state index >= 15 is 0 Å². The maximum atomic E-state index is 10.9. The Balaban J connectivity index is 0. The molecule has 0 aliphatic heterocycles. The molecule has 0 spiro atoms. The molecule has 0 radical (unpaired) electrons. The SMILES string of the molecule is CCOP(=O)([Se-])OCC.[Na+]. The first-order valence-electron chi connectivity index (χ1n) is 2.72. The first-order valence-corrected chi connectivity index (χ1v) is 6.48. The molecule has 0 saturated heterocycles. The zero-order valence-electron chi connectivity index (χ0n) is 6.49. The summed E-state index contributed by atoms with van der Waals surface area (Å²) < 4.78 is 20.4. The predicted molar refractivity (Wildman–Crippen MR) is 36.6 cm³/mol. The summed E-state index contributed by atoms with van der Waals surface area (Å²) in [5.74, 6) is 0. The van der Waals surface area contributed by atoms with Gasteiger partial charge in [-0.1, -0.05) is 0 Å². The van der Waals surface area contributed by atoms with Crippen LogP contribution in [0.4, 0.5) is 0 Å². The fourth-order valence-electron chi connectivity index (χ4n) is 0.353. The van der Waals surface area contributed by atoms with Gasteiger partial charge in [-0.2, -0.15) is 0 Å². The third kappa shape index (κ3) is 7.77. The molecule has 0 bridgehead atoms. The average molecular weight is 239 g/mol. The van der Waals surface area contributed by atoms with Gasteiger partial charge in [-0.15, -0.1) is 0 Å². The summed E-state index contributed by atoms with van der Waals surface area (Å²) in [6, 6.07) is 0. The van der Waals surface area contributed by atoms with E-state index < -0.39 is 6.29 Å². The van der Waals surface area contributed by atoms with E-state index in [2.05, 4.69) is 15.6 Å². The molecular formula is C4H10NaO3PSe. The van der Waals surface area contributed by atoms with Crippen molar-refractivity contribution in [3.8, 4) is 0 Å². The van der Waals surface area contributed by atoms with Gasteiger partial charge >= 0.3 is 92.1 Å². The van der Waals surface area contributed by atoms with E-state index in [1.165, 1.54) is 0 Å². The molecule has 0 heterocycles. The average Bonchev–Trinajstić information content (AvgIpc) is 1.64. The predicted octanol–water partition coefficient (Wildman–Crippen LogP) is -1.66. The van der Waals surface area contributed by atoms with Gasteiger partial charge in [0, 0.05) is 0 Å². The van der Waals surface area contributed by atoms with Crippen molar-refractivity contribution in [3.05, 3.63) is 0 Å². The van der Waals surface area contributed by atoms with E-state index in [0.29, 0.717) is 13.2 Å². The van der Waals surface area contributed by atoms with Crippen LogP contribution in [0, 0.1) is 0 Å². The van der Waals surface area contributed by atoms with Crippen LogP contribution in [0.15, 0.2) is 0 Å². The minimum absolute atomic E-state index is 0. The molecule has 0 aromatic rings. The van der Waals surface area contributed by atoms with Crippen LogP contribution in [0.2, 0.25) is 0 Å². The van der Waals surface area contributed by atoms with Gasteiger partial charge in [0.1, 0.15) is 0 Å². The van der Waals surface area contributed by atoms with E-state index in [9.17, 15) is 4.57 Å². The third-order valence-corrected chi connectivity index (χ3v) is 3.05. The second-order valence-electron chi connectivity index (χ2n) is 1.28. The quantitative estimate of drug-likeness (QED) is 0.435. The molecule has 0 aromatic carbocycles. The van der Waals surface area contributed by atoms with Gasteiger partial charge in [-0.3, -0.25) is 0 Å². The number of hydrogen-bond acceptors (Lipinski definition) is 3. The molecule has 0 rings (SSSR count). The van der Waals surface area contributed by atoms with Gasteiger partial charge < -0.3 is 0 Å². The Labute approximate surface area is 91.5 Å². The Kier molecular flexibility index (Phi) is 10.4. The topological polar surface area (TPSA) is 35.5 Å². The maximum absolute atomic E-state index is 10.9. The number of rotatable bonds is 4. The van der Waals surface area contributed by atoms with Gasteiger partial charge in [0.25, 0.3) is 0 Å². The number of hydrogen-bond donors (Lipinski definition) is 0. The van der Waals surface area contributed by atoms with Gasteiger partial charge in [0.05, 0.1) is 0 Å². The standard InChI is InChI=1S/C4H11O3PSe.Na/c1-3-6-8(5,9)7-4-2;/h3-4H2,1-2H3,(H,5,9);/q;+1/p-1. The van der Waals surface area contributed by atoms with Crippen molar-refractivity contribution in [2.45, 2.75) is 13.8 Å². The molecule has 6 heteroatoms. The second kappa shape index (κ2) is 7.33. The molecule has 0 fully saturated rings. The van der Waals surface area contributed by atoms with Crippen LogP contribution in [0.25, 0.3) is 0 Å². The molecule has 0 aliphatic rings. The Bertz CT molecular complexity index is 111. The molecule has 0 saturated carbocycles. The van der Waals surface area contributed by atoms with Crippen molar-refractivity contribution < 1.29 is 43.2 Å². The summed E-state index contributed by atoms with van der Waals surface area (Å²) in [6.45, 7) is 4.35. The van der Waals surface area contributed by atoms with E-state index in [4.69, 9.17) is 9.05 Å². The smallest absolute Gasteiger partial charge is 1.00 e. The van der Waals surface area contributed by atoms with Gasteiger partial charge in [-0.25, -0.2) is 0 Å². The molecule has 0 aliphatic carbocycles. The van der Waals surface area contributed by atoms with Gasteiger partial charge in [0.15, 0.2) is 0 Å². The molecule has 0 N–H and O–H groups in total. The van der Waals surface area contributed by atoms with Crippen molar-refractivity contribution in [1.29, 1.82) is 0 Å². The molecule has 0 unspecified atom stereocenters. The fraction of sp³-hybridized carbons (Fsp3) is 1.00. The van der Waals surface area contributed by atoms with Crippen LogP contribution < -0.4 is 29.6 Å². The summed E-state index contributed by atoms with van der Waals surface area (Å²) in [5, 5.41) is 0. The first-order chi connectivity index (χ1) is 4.12.